The largest absolute Gasteiger partial charge is 0.467 e. The van der Waals surface area contributed by atoms with Gasteiger partial charge in [0, 0.05) is 25.1 Å². The van der Waals surface area contributed by atoms with E-state index in [-0.39, 0.29) is 12.3 Å². The van der Waals surface area contributed by atoms with Crippen LogP contribution in [0.4, 0.5) is 0 Å². The van der Waals surface area contributed by atoms with E-state index >= 15 is 0 Å². The maximum absolute atomic E-state index is 13.4. The quantitative estimate of drug-likeness (QED) is 0.586. The van der Waals surface area contributed by atoms with Crippen molar-refractivity contribution in [2.45, 2.75) is 24.5 Å². The lowest BCUT2D eigenvalue weighted by atomic mass is 9.69. The van der Waals surface area contributed by atoms with Crippen LogP contribution in [0.15, 0.2) is 29.3 Å². The predicted molar refractivity (Wildman–Crippen MR) is 97.2 cm³/mol. The Kier molecular flexibility index (Phi) is 4.56. The number of likely N-dealkylation sites (N-methyl/N-ethyl adjacent to an activating group) is 1. The highest BCUT2D eigenvalue weighted by Gasteiger charge is 2.71. The van der Waals surface area contributed by atoms with E-state index in [9.17, 15) is 14.4 Å². The number of benzene rings is 1. The summed E-state index contributed by atoms with van der Waals surface area (Å²) in [6.07, 6.45) is 2.14. The first-order valence-electron chi connectivity index (χ1n) is 8.10. The number of thioether (sulfide) groups is 1. The Morgan fingerprint density at radius 2 is 2.04 bits per heavy atom. The van der Waals surface area contributed by atoms with Crippen LogP contribution in [0.2, 0.25) is 0 Å². The van der Waals surface area contributed by atoms with E-state index in [4.69, 9.17) is 9.47 Å². The Hall–Kier alpha value is -2.35. The summed E-state index contributed by atoms with van der Waals surface area (Å²) in [5, 5.41) is 0. The second-order valence-electron chi connectivity index (χ2n) is 6.22. The SMILES string of the molecule is COC(=O)C1(CCSC)N=C(C)OC12C(=O)N(C)C(=O)c1ccccc12. The number of esters is 1. The maximum atomic E-state index is 13.4. The van der Waals surface area contributed by atoms with Gasteiger partial charge in [-0.15, -0.1) is 0 Å². The average Bonchev–Trinajstić information content (AvgIpc) is 2.96. The molecule has 1 aromatic rings. The number of aliphatic imine (C=N–C) groups is 1. The molecule has 8 heteroatoms. The lowest BCUT2D eigenvalue weighted by Crippen LogP contribution is -2.66. The minimum atomic E-state index is -1.75. The first-order chi connectivity index (χ1) is 12.4. The van der Waals surface area contributed by atoms with Crippen molar-refractivity contribution in [2.24, 2.45) is 4.99 Å². The fourth-order valence-corrected chi connectivity index (χ4v) is 4.22. The molecule has 0 saturated carbocycles. The van der Waals surface area contributed by atoms with Crippen LogP contribution in [0.1, 0.15) is 29.3 Å². The smallest absolute Gasteiger partial charge is 0.339 e. The van der Waals surface area contributed by atoms with E-state index in [1.54, 1.807) is 31.2 Å². The molecule has 2 amide bonds. The number of ether oxygens (including phenoxy) is 2. The van der Waals surface area contributed by atoms with Crippen molar-refractivity contribution in [2.75, 3.05) is 26.2 Å². The van der Waals surface area contributed by atoms with Crippen LogP contribution in [-0.2, 0) is 24.7 Å². The minimum Gasteiger partial charge on any atom is -0.467 e. The molecule has 2 unspecified atom stereocenters. The van der Waals surface area contributed by atoms with Crippen LogP contribution in [-0.4, -0.2) is 60.3 Å². The van der Waals surface area contributed by atoms with E-state index in [1.165, 1.54) is 25.9 Å². The first-order valence-corrected chi connectivity index (χ1v) is 9.50. The summed E-state index contributed by atoms with van der Waals surface area (Å²) in [6, 6.07) is 6.68. The van der Waals surface area contributed by atoms with E-state index < -0.39 is 28.9 Å². The number of imide groups is 1. The summed E-state index contributed by atoms with van der Waals surface area (Å²) in [5.41, 5.74) is -2.67. The van der Waals surface area contributed by atoms with E-state index in [1.807, 2.05) is 6.26 Å². The Labute approximate surface area is 155 Å². The molecule has 2 heterocycles. The second-order valence-corrected chi connectivity index (χ2v) is 7.21. The van der Waals surface area contributed by atoms with Gasteiger partial charge < -0.3 is 9.47 Å². The minimum absolute atomic E-state index is 0.211. The van der Waals surface area contributed by atoms with E-state index in [0.717, 1.165) is 4.90 Å². The molecule has 0 aliphatic carbocycles. The number of rotatable bonds is 4. The standard InChI is InChI=1S/C18H20N2O5S/c1-11-19-17(9-10-26-4,16(23)24-3)18(25-11)13-8-6-5-7-12(13)14(21)20(2)15(18)22/h5-8H,9-10H2,1-4H3. The molecule has 138 valence electrons. The molecule has 7 nitrogen and oxygen atoms in total. The fraction of sp³-hybridized carbons (Fsp3) is 0.444. The van der Waals surface area contributed by atoms with Gasteiger partial charge >= 0.3 is 5.97 Å². The molecule has 1 aromatic carbocycles. The zero-order valence-corrected chi connectivity index (χ0v) is 15.9. The van der Waals surface area contributed by atoms with Gasteiger partial charge in [-0.3, -0.25) is 14.5 Å². The van der Waals surface area contributed by atoms with Crippen molar-refractivity contribution < 1.29 is 23.9 Å². The maximum Gasteiger partial charge on any atom is 0.339 e. The van der Waals surface area contributed by atoms with Crippen molar-refractivity contribution in [1.29, 1.82) is 0 Å². The molecule has 26 heavy (non-hydrogen) atoms. The van der Waals surface area contributed by atoms with Crippen LogP contribution < -0.4 is 0 Å². The molecule has 0 fully saturated rings. The van der Waals surface area contributed by atoms with Crippen LogP contribution in [0, 0.1) is 0 Å². The van der Waals surface area contributed by atoms with Gasteiger partial charge in [-0.05, 0) is 24.5 Å². The van der Waals surface area contributed by atoms with Crippen molar-refractivity contribution in [3.05, 3.63) is 35.4 Å². The zero-order valence-electron chi connectivity index (χ0n) is 15.1. The van der Waals surface area contributed by atoms with Gasteiger partial charge in [-0.2, -0.15) is 11.8 Å². The summed E-state index contributed by atoms with van der Waals surface area (Å²) >= 11 is 1.52. The molecule has 0 N–H and O–H groups in total. The number of methoxy groups -OCH3 is 1. The van der Waals surface area contributed by atoms with Gasteiger partial charge in [-0.25, -0.2) is 9.79 Å². The van der Waals surface area contributed by atoms with Gasteiger partial charge in [-0.1, -0.05) is 18.2 Å². The number of nitrogens with zero attached hydrogens (tertiary/aromatic N) is 2. The predicted octanol–water partition coefficient (Wildman–Crippen LogP) is 1.61. The summed E-state index contributed by atoms with van der Waals surface area (Å²) in [7, 11) is 2.64. The molecule has 0 bridgehead atoms. The van der Waals surface area contributed by atoms with Gasteiger partial charge in [0.1, 0.15) is 0 Å². The van der Waals surface area contributed by atoms with Crippen molar-refractivity contribution in [3.63, 3.8) is 0 Å². The van der Waals surface area contributed by atoms with Gasteiger partial charge in [0.25, 0.3) is 11.8 Å². The normalized spacial score (nSPS) is 27.2. The van der Waals surface area contributed by atoms with Gasteiger partial charge in [0.05, 0.1) is 7.11 Å². The number of carbonyl (C=O) groups excluding carboxylic acids is 3. The topological polar surface area (TPSA) is 85.3 Å². The third-order valence-corrected chi connectivity index (χ3v) is 5.48. The molecule has 1 spiro atoms. The Morgan fingerprint density at radius 3 is 2.69 bits per heavy atom. The number of carbonyl (C=O) groups is 3. The number of amides is 2. The van der Waals surface area contributed by atoms with Crippen LogP contribution in [0.25, 0.3) is 0 Å². The average molecular weight is 376 g/mol. The number of fused-ring (bicyclic) bond motifs is 2. The Bertz CT molecular complexity index is 824. The van der Waals surface area contributed by atoms with Crippen molar-refractivity contribution in [1.82, 2.24) is 4.90 Å². The molecular weight excluding hydrogens is 356 g/mol. The zero-order chi connectivity index (χ0) is 19.1. The molecule has 2 aliphatic rings. The molecule has 3 rings (SSSR count). The third kappa shape index (κ3) is 2.21. The molecular formula is C18H20N2O5S. The Morgan fingerprint density at radius 1 is 1.35 bits per heavy atom. The Balaban J connectivity index is 2.35. The monoisotopic (exact) mass is 376 g/mol. The van der Waals surface area contributed by atoms with E-state index in [2.05, 4.69) is 4.99 Å². The van der Waals surface area contributed by atoms with Crippen molar-refractivity contribution in [3.8, 4) is 0 Å². The lowest BCUT2D eigenvalue weighted by molar-refractivity contribution is -0.168. The third-order valence-electron chi connectivity index (χ3n) is 4.87. The molecule has 2 aliphatic heterocycles. The van der Waals surface area contributed by atoms with Crippen molar-refractivity contribution >= 4 is 35.4 Å². The van der Waals surface area contributed by atoms with Crippen LogP contribution in [0.3, 0.4) is 0 Å². The molecule has 0 radical (unpaired) electrons. The first kappa shape index (κ1) is 18.4. The molecule has 0 aromatic heterocycles. The molecule has 0 saturated heterocycles. The highest BCUT2D eigenvalue weighted by atomic mass is 32.2. The summed E-state index contributed by atoms with van der Waals surface area (Å²) in [6.45, 7) is 1.60. The van der Waals surface area contributed by atoms with E-state index in [0.29, 0.717) is 16.9 Å². The fourth-order valence-electron chi connectivity index (χ4n) is 3.72. The second kappa shape index (κ2) is 6.42. The summed E-state index contributed by atoms with van der Waals surface area (Å²) in [4.78, 5) is 44.3. The summed E-state index contributed by atoms with van der Waals surface area (Å²) in [5.74, 6) is -0.942. The highest BCUT2D eigenvalue weighted by Crippen LogP contribution is 2.51. The summed E-state index contributed by atoms with van der Waals surface area (Å²) < 4.78 is 11.0. The lowest BCUT2D eigenvalue weighted by Gasteiger charge is -2.44. The van der Waals surface area contributed by atoms with Gasteiger partial charge in [0.2, 0.25) is 11.1 Å². The highest BCUT2D eigenvalue weighted by molar-refractivity contribution is 7.98. The van der Waals surface area contributed by atoms with Crippen LogP contribution in [0.5, 0.6) is 0 Å². The van der Waals surface area contributed by atoms with Gasteiger partial charge in [0.15, 0.2) is 5.90 Å². The number of hydrogen-bond donors (Lipinski definition) is 0. The number of hydrogen-bond acceptors (Lipinski definition) is 7. The molecule has 2 atom stereocenters. The van der Waals surface area contributed by atoms with Crippen LogP contribution >= 0.6 is 11.8 Å².